The molecule has 4 heteroatoms. The summed E-state index contributed by atoms with van der Waals surface area (Å²) >= 11 is 0. The third kappa shape index (κ3) is 5.86. The van der Waals surface area contributed by atoms with E-state index >= 15 is 0 Å². The topological polar surface area (TPSA) is 29.3 Å². The predicted octanol–water partition coefficient (Wildman–Crippen LogP) is 7.82. The first-order valence-corrected chi connectivity index (χ1v) is 14.6. The standard InChI is InChI=1S/C20H14BN.C18H24BN/c21-22(19-13-5-9-15-7-1-3-11-17(15)19)20-14-6-10-16-8-2-4-12-18(16)20;1-11-7-13(3)17(14(4)8-11)19(20)18-15(5)9-12(2)10-16(18)6/h1-14H;7-10H,20H2,1-6H3. The Labute approximate surface area is 252 Å². The first-order valence-electron chi connectivity index (χ1n) is 14.6. The van der Waals surface area contributed by atoms with Crippen LogP contribution in [0.25, 0.3) is 21.5 Å². The molecule has 0 atom stereocenters. The van der Waals surface area contributed by atoms with E-state index in [0.717, 1.165) is 22.1 Å². The van der Waals surface area contributed by atoms with E-state index < -0.39 is 0 Å². The fourth-order valence-corrected chi connectivity index (χ4v) is 6.47. The van der Waals surface area contributed by atoms with Crippen molar-refractivity contribution in [2.75, 3.05) is 4.81 Å². The molecular formula is C38H38B2N2. The number of aryl methyl sites for hydroxylation is 6. The highest BCUT2D eigenvalue weighted by molar-refractivity contribution is 6.83. The number of anilines is 2. The summed E-state index contributed by atoms with van der Waals surface area (Å²) in [6.45, 7) is 12.9. The van der Waals surface area contributed by atoms with Crippen LogP contribution in [0.1, 0.15) is 33.4 Å². The van der Waals surface area contributed by atoms with Crippen LogP contribution in [0, 0.1) is 41.5 Å². The number of benzene rings is 6. The minimum Gasteiger partial charge on any atom is -0.397 e. The van der Waals surface area contributed by atoms with Crippen LogP contribution in [-0.4, -0.2) is 14.8 Å². The first-order chi connectivity index (χ1) is 20.2. The van der Waals surface area contributed by atoms with Crippen molar-refractivity contribution in [3.8, 4) is 0 Å². The van der Waals surface area contributed by atoms with Crippen molar-refractivity contribution in [3.05, 3.63) is 143 Å². The summed E-state index contributed by atoms with van der Waals surface area (Å²) in [5.74, 6) is 0. The zero-order valence-corrected chi connectivity index (χ0v) is 25.6. The van der Waals surface area contributed by atoms with Gasteiger partial charge >= 0.3 is 0 Å². The fraction of sp³-hybridized carbons (Fsp3) is 0.158. The van der Waals surface area contributed by atoms with E-state index in [1.807, 2.05) is 36.4 Å². The van der Waals surface area contributed by atoms with E-state index in [0.29, 0.717) is 0 Å². The van der Waals surface area contributed by atoms with Crippen molar-refractivity contribution in [3.63, 3.8) is 0 Å². The van der Waals surface area contributed by atoms with Crippen LogP contribution < -0.4 is 21.4 Å². The van der Waals surface area contributed by atoms with Gasteiger partial charge in [-0.15, -0.1) is 0 Å². The van der Waals surface area contributed by atoms with Gasteiger partial charge in [0, 0.05) is 22.1 Å². The highest BCUT2D eigenvalue weighted by Crippen LogP contribution is 2.34. The molecule has 0 heterocycles. The average molecular weight is 544 g/mol. The van der Waals surface area contributed by atoms with Gasteiger partial charge in [-0.2, -0.15) is 0 Å². The number of rotatable bonds is 4. The molecule has 6 rings (SSSR count). The molecule has 6 aromatic carbocycles. The van der Waals surface area contributed by atoms with Crippen LogP contribution in [0.2, 0.25) is 0 Å². The maximum absolute atomic E-state index is 6.62. The van der Waals surface area contributed by atoms with Gasteiger partial charge in [0.05, 0.1) is 0 Å². The maximum atomic E-state index is 6.62. The highest BCUT2D eigenvalue weighted by atomic mass is 15.0. The molecule has 0 aliphatic heterocycles. The lowest BCUT2D eigenvalue weighted by Crippen LogP contribution is -2.54. The molecule has 206 valence electrons. The van der Waals surface area contributed by atoms with Gasteiger partial charge in [-0.1, -0.05) is 141 Å². The molecule has 0 bridgehead atoms. The van der Waals surface area contributed by atoms with Gasteiger partial charge in [0.15, 0.2) is 0 Å². The highest BCUT2D eigenvalue weighted by Gasteiger charge is 2.22. The van der Waals surface area contributed by atoms with Crippen molar-refractivity contribution in [1.29, 1.82) is 0 Å². The predicted molar refractivity (Wildman–Crippen MR) is 186 cm³/mol. The second-order valence-corrected chi connectivity index (χ2v) is 11.5. The lowest BCUT2D eigenvalue weighted by atomic mass is 9.48. The van der Waals surface area contributed by atoms with E-state index in [-0.39, 0.29) is 6.85 Å². The van der Waals surface area contributed by atoms with Crippen LogP contribution in [0.3, 0.4) is 0 Å². The smallest absolute Gasteiger partial charge is 0.287 e. The summed E-state index contributed by atoms with van der Waals surface area (Å²) in [4.78, 5) is 1.78. The average Bonchev–Trinajstić information content (AvgIpc) is 2.95. The molecule has 42 heavy (non-hydrogen) atoms. The molecule has 2 radical (unpaired) electrons. The Morgan fingerprint density at radius 1 is 0.500 bits per heavy atom. The summed E-state index contributed by atoms with van der Waals surface area (Å²) in [6, 6.07) is 37.9. The normalized spacial score (nSPS) is 10.8. The lowest BCUT2D eigenvalue weighted by molar-refractivity contribution is 1.33. The Bertz CT molecular complexity index is 1700. The van der Waals surface area contributed by atoms with E-state index in [4.69, 9.17) is 13.6 Å². The van der Waals surface area contributed by atoms with Crippen molar-refractivity contribution < 1.29 is 0 Å². The fourth-order valence-electron chi connectivity index (χ4n) is 6.47. The molecule has 0 aliphatic rings. The van der Waals surface area contributed by atoms with Crippen LogP contribution in [0.15, 0.2) is 109 Å². The largest absolute Gasteiger partial charge is 0.397 e. The van der Waals surface area contributed by atoms with Crippen molar-refractivity contribution in [2.24, 2.45) is 5.64 Å². The molecule has 0 amide bonds. The van der Waals surface area contributed by atoms with Crippen molar-refractivity contribution >= 4 is 58.7 Å². The lowest BCUT2D eigenvalue weighted by Gasteiger charge is -2.24. The second kappa shape index (κ2) is 12.3. The van der Waals surface area contributed by atoms with E-state index in [1.165, 1.54) is 55.1 Å². The Hall–Kier alpha value is -4.27. The molecule has 0 unspecified atom stereocenters. The van der Waals surface area contributed by atoms with Gasteiger partial charge < -0.3 is 10.5 Å². The Morgan fingerprint density at radius 3 is 1.21 bits per heavy atom. The minimum absolute atomic E-state index is 0.0452. The van der Waals surface area contributed by atoms with Gasteiger partial charge in [-0.05, 0) is 64.4 Å². The van der Waals surface area contributed by atoms with Crippen molar-refractivity contribution in [1.82, 2.24) is 0 Å². The summed E-state index contributed by atoms with van der Waals surface area (Å²) in [5, 5.41) is 4.69. The molecular weight excluding hydrogens is 506 g/mol. The van der Waals surface area contributed by atoms with Gasteiger partial charge in [-0.25, -0.2) is 0 Å². The molecule has 0 aliphatic carbocycles. The van der Waals surface area contributed by atoms with Gasteiger partial charge in [-0.3, -0.25) is 0 Å². The van der Waals surface area contributed by atoms with E-state index in [1.54, 1.807) is 4.81 Å². The quantitative estimate of drug-likeness (QED) is 0.230. The molecule has 0 saturated carbocycles. The summed E-state index contributed by atoms with van der Waals surface area (Å²) in [5.41, 5.74) is 18.9. The summed E-state index contributed by atoms with van der Waals surface area (Å²) in [7, 11) is 6.48. The van der Waals surface area contributed by atoms with Crippen LogP contribution in [0.4, 0.5) is 11.4 Å². The van der Waals surface area contributed by atoms with E-state index in [9.17, 15) is 0 Å². The Morgan fingerprint density at radius 2 is 0.833 bits per heavy atom. The van der Waals surface area contributed by atoms with Crippen molar-refractivity contribution in [2.45, 2.75) is 41.5 Å². The summed E-state index contributed by atoms with van der Waals surface area (Å²) < 4.78 is 0. The van der Waals surface area contributed by atoms with Gasteiger partial charge in [0.1, 0.15) is 0 Å². The minimum atomic E-state index is -0.0452. The van der Waals surface area contributed by atoms with Gasteiger partial charge in [0.25, 0.3) is 6.85 Å². The molecule has 0 saturated heterocycles. The third-order valence-electron chi connectivity index (χ3n) is 8.15. The maximum Gasteiger partial charge on any atom is 0.287 e. The van der Waals surface area contributed by atoms with Crippen LogP contribution in [-0.2, 0) is 0 Å². The van der Waals surface area contributed by atoms with Gasteiger partial charge in [0.2, 0.25) is 7.98 Å². The number of hydrogen-bond acceptors (Lipinski definition) is 2. The Balaban J connectivity index is 0.000000169. The zero-order chi connectivity index (χ0) is 30.0. The molecule has 0 spiro atoms. The third-order valence-corrected chi connectivity index (χ3v) is 8.15. The zero-order valence-electron chi connectivity index (χ0n) is 25.6. The molecule has 6 aromatic rings. The number of hydrogen-bond donors (Lipinski definition) is 1. The number of nitrogens with zero attached hydrogens (tertiary/aromatic N) is 1. The Kier molecular flexibility index (Phi) is 8.56. The SMILES string of the molecule is Cc1cc(C)c(B(N)c2c(C)cc(C)cc2C)c(C)c1.[B]N(c1cccc2ccccc12)c1cccc2ccccc12. The van der Waals surface area contributed by atoms with E-state index in [2.05, 4.69) is 114 Å². The molecule has 0 aromatic heterocycles. The monoisotopic (exact) mass is 544 g/mol. The first kappa shape index (κ1) is 29.2. The van der Waals surface area contributed by atoms with Crippen LogP contribution >= 0.6 is 0 Å². The molecule has 2 nitrogen and oxygen atoms in total. The van der Waals surface area contributed by atoms with Crippen LogP contribution in [0.5, 0.6) is 0 Å². The molecule has 0 fully saturated rings. The number of fused-ring (bicyclic) bond motifs is 2. The second-order valence-electron chi connectivity index (χ2n) is 11.5. The summed E-state index contributed by atoms with van der Waals surface area (Å²) in [6.07, 6.45) is 0. The number of nitrogens with two attached hydrogens (primary N) is 1. The molecule has 2 N–H and O–H groups in total.